The molecule has 1 saturated heterocycles. The topological polar surface area (TPSA) is 50.4 Å². The lowest BCUT2D eigenvalue weighted by Crippen LogP contribution is -2.37. The van der Waals surface area contributed by atoms with Crippen LogP contribution in [0.15, 0.2) is 48.5 Å². The molecule has 1 heterocycles. The zero-order valence-corrected chi connectivity index (χ0v) is 14.9. The van der Waals surface area contributed by atoms with Gasteiger partial charge in [-0.25, -0.2) is 0 Å². The first-order valence-electron chi connectivity index (χ1n) is 8.65. The van der Waals surface area contributed by atoms with E-state index >= 15 is 0 Å². The summed E-state index contributed by atoms with van der Waals surface area (Å²) in [5.74, 6) is 0.807. The van der Waals surface area contributed by atoms with E-state index in [4.69, 9.17) is 16.3 Å². The Bertz CT molecular complexity index is 697. The molecule has 1 amide bonds. The standard InChI is InChI=1S/C20H23ClN2O2/c21-17-8-6-15(7-9-17)14-25-19-5-1-3-16(11-19)12-20(24)23-13-18-4-2-10-22-18/h1,3,5-9,11,18,22H,2,4,10,12-14H2,(H,23,24). The van der Waals surface area contributed by atoms with Crippen LogP contribution in [0, 0.1) is 0 Å². The molecule has 2 aromatic rings. The predicted octanol–water partition coefficient (Wildman–Crippen LogP) is 3.33. The molecule has 5 heteroatoms. The van der Waals surface area contributed by atoms with Crippen LogP contribution in [0.1, 0.15) is 24.0 Å². The molecule has 1 fully saturated rings. The Morgan fingerprint density at radius 2 is 2.04 bits per heavy atom. The largest absolute Gasteiger partial charge is 0.489 e. The van der Waals surface area contributed by atoms with Gasteiger partial charge in [0.05, 0.1) is 6.42 Å². The SMILES string of the molecule is O=C(Cc1cccc(OCc2ccc(Cl)cc2)c1)NCC1CCCN1. The van der Waals surface area contributed by atoms with Crippen molar-refractivity contribution in [2.45, 2.75) is 31.9 Å². The third-order valence-corrected chi connectivity index (χ3v) is 4.54. The van der Waals surface area contributed by atoms with Crippen molar-refractivity contribution < 1.29 is 9.53 Å². The van der Waals surface area contributed by atoms with Crippen LogP contribution >= 0.6 is 11.6 Å². The van der Waals surface area contributed by atoms with Crippen molar-refractivity contribution in [2.24, 2.45) is 0 Å². The lowest BCUT2D eigenvalue weighted by Gasteiger charge is -2.12. The number of halogens is 1. The van der Waals surface area contributed by atoms with Gasteiger partial charge in [0.15, 0.2) is 0 Å². The van der Waals surface area contributed by atoms with Crippen molar-refractivity contribution in [3.8, 4) is 5.75 Å². The summed E-state index contributed by atoms with van der Waals surface area (Å²) in [7, 11) is 0. The summed E-state index contributed by atoms with van der Waals surface area (Å²) in [6, 6.07) is 15.7. The molecule has 1 unspecified atom stereocenters. The fourth-order valence-electron chi connectivity index (χ4n) is 2.91. The number of ether oxygens (including phenoxy) is 1. The average molecular weight is 359 g/mol. The van der Waals surface area contributed by atoms with Crippen LogP contribution in [0.4, 0.5) is 0 Å². The number of hydrogen-bond donors (Lipinski definition) is 2. The maximum atomic E-state index is 12.1. The summed E-state index contributed by atoms with van der Waals surface area (Å²) in [4.78, 5) is 12.1. The zero-order chi connectivity index (χ0) is 17.5. The molecular formula is C20H23ClN2O2. The van der Waals surface area contributed by atoms with Crippen LogP contribution in [0.3, 0.4) is 0 Å². The maximum Gasteiger partial charge on any atom is 0.224 e. The molecule has 2 N–H and O–H groups in total. The predicted molar refractivity (Wildman–Crippen MR) is 100.0 cm³/mol. The first-order chi connectivity index (χ1) is 12.2. The smallest absolute Gasteiger partial charge is 0.224 e. The normalized spacial score (nSPS) is 16.6. The number of carbonyl (C=O) groups is 1. The fraction of sp³-hybridized carbons (Fsp3) is 0.350. The van der Waals surface area contributed by atoms with Gasteiger partial charge in [-0.05, 0) is 54.8 Å². The number of rotatable bonds is 7. The van der Waals surface area contributed by atoms with E-state index in [1.54, 1.807) is 0 Å². The van der Waals surface area contributed by atoms with Gasteiger partial charge in [-0.3, -0.25) is 4.79 Å². The van der Waals surface area contributed by atoms with Crippen LogP contribution in [0.2, 0.25) is 5.02 Å². The number of carbonyl (C=O) groups excluding carboxylic acids is 1. The molecular weight excluding hydrogens is 336 g/mol. The third kappa shape index (κ3) is 5.76. The van der Waals surface area contributed by atoms with Gasteiger partial charge in [-0.1, -0.05) is 35.9 Å². The second kappa shape index (κ2) is 8.88. The molecule has 0 aliphatic carbocycles. The highest BCUT2D eigenvalue weighted by molar-refractivity contribution is 6.30. The third-order valence-electron chi connectivity index (χ3n) is 4.29. The van der Waals surface area contributed by atoms with Gasteiger partial charge in [0.2, 0.25) is 5.91 Å². The fourth-order valence-corrected chi connectivity index (χ4v) is 3.03. The summed E-state index contributed by atoms with van der Waals surface area (Å²) in [5.41, 5.74) is 2.00. The van der Waals surface area contributed by atoms with E-state index in [0.29, 0.717) is 30.6 Å². The second-order valence-electron chi connectivity index (χ2n) is 6.34. The van der Waals surface area contributed by atoms with Gasteiger partial charge in [0.1, 0.15) is 12.4 Å². The molecule has 0 saturated carbocycles. The Morgan fingerprint density at radius 1 is 1.20 bits per heavy atom. The molecule has 1 atom stereocenters. The Labute approximate surface area is 153 Å². The lowest BCUT2D eigenvalue weighted by molar-refractivity contribution is -0.120. The molecule has 2 aromatic carbocycles. The van der Waals surface area contributed by atoms with Crippen LogP contribution in [0.25, 0.3) is 0 Å². The van der Waals surface area contributed by atoms with Gasteiger partial charge in [-0.2, -0.15) is 0 Å². The summed E-state index contributed by atoms with van der Waals surface area (Å²) in [6.45, 7) is 2.22. The van der Waals surface area contributed by atoms with Gasteiger partial charge in [0.25, 0.3) is 0 Å². The summed E-state index contributed by atoms with van der Waals surface area (Å²) in [5, 5.41) is 7.09. The van der Waals surface area contributed by atoms with Crippen molar-refractivity contribution in [3.05, 3.63) is 64.7 Å². The summed E-state index contributed by atoms with van der Waals surface area (Å²) >= 11 is 5.88. The van der Waals surface area contributed by atoms with E-state index in [-0.39, 0.29) is 5.91 Å². The molecule has 0 radical (unpaired) electrons. The van der Waals surface area contributed by atoms with E-state index in [1.165, 1.54) is 6.42 Å². The Morgan fingerprint density at radius 3 is 2.80 bits per heavy atom. The lowest BCUT2D eigenvalue weighted by atomic mass is 10.1. The molecule has 1 aliphatic heterocycles. The molecule has 0 spiro atoms. The number of benzene rings is 2. The van der Waals surface area contributed by atoms with E-state index in [0.717, 1.165) is 29.8 Å². The zero-order valence-electron chi connectivity index (χ0n) is 14.1. The molecule has 0 aromatic heterocycles. The highest BCUT2D eigenvalue weighted by atomic mass is 35.5. The monoisotopic (exact) mass is 358 g/mol. The first kappa shape index (κ1) is 17.8. The van der Waals surface area contributed by atoms with E-state index in [9.17, 15) is 4.79 Å². The summed E-state index contributed by atoms with van der Waals surface area (Å²) in [6.07, 6.45) is 2.69. The Kier molecular flexibility index (Phi) is 6.31. The van der Waals surface area contributed by atoms with E-state index in [2.05, 4.69) is 10.6 Å². The van der Waals surface area contributed by atoms with Crippen LogP contribution in [-0.4, -0.2) is 25.0 Å². The van der Waals surface area contributed by atoms with Crippen LogP contribution in [0.5, 0.6) is 5.75 Å². The Hall–Kier alpha value is -2.04. The van der Waals surface area contributed by atoms with Crippen molar-refractivity contribution >= 4 is 17.5 Å². The molecule has 4 nitrogen and oxygen atoms in total. The van der Waals surface area contributed by atoms with Crippen LogP contribution in [-0.2, 0) is 17.8 Å². The van der Waals surface area contributed by atoms with Crippen molar-refractivity contribution in [1.82, 2.24) is 10.6 Å². The molecule has 25 heavy (non-hydrogen) atoms. The molecule has 0 bridgehead atoms. The minimum absolute atomic E-state index is 0.0450. The minimum Gasteiger partial charge on any atom is -0.489 e. The highest BCUT2D eigenvalue weighted by Gasteiger charge is 2.14. The van der Waals surface area contributed by atoms with Gasteiger partial charge >= 0.3 is 0 Å². The number of amides is 1. The molecule has 3 rings (SSSR count). The van der Waals surface area contributed by atoms with Crippen molar-refractivity contribution in [2.75, 3.05) is 13.1 Å². The van der Waals surface area contributed by atoms with E-state index in [1.807, 2.05) is 48.5 Å². The average Bonchev–Trinajstić information content (AvgIpc) is 3.13. The Balaban J connectivity index is 1.48. The first-order valence-corrected chi connectivity index (χ1v) is 9.03. The second-order valence-corrected chi connectivity index (χ2v) is 6.77. The van der Waals surface area contributed by atoms with Crippen molar-refractivity contribution in [1.29, 1.82) is 0 Å². The number of nitrogens with one attached hydrogen (secondary N) is 2. The quantitative estimate of drug-likeness (QED) is 0.798. The highest BCUT2D eigenvalue weighted by Crippen LogP contribution is 2.17. The van der Waals surface area contributed by atoms with Crippen LogP contribution < -0.4 is 15.4 Å². The maximum absolute atomic E-state index is 12.1. The summed E-state index contributed by atoms with van der Waals surface area (Å²) < 4.78 is 5.81. The van der Waals surface area contributed by atoms with Crippen molar-refractivity contribution in [3.63, 3.8) is 0 Å². The molecule has 1 aliphatic rings. The van der Waals surface area contributed by atoms with Gasteiger partial charge < -0.3 is 15.4 Å². The molecule has 132 valence electrons. The van der Waals surface area contributed by atoms with Gasteiger partial charge in [-0.15, -0.1) is 0 Å². The van der Waals surface area contributed by atoms with Gasteiger partial charge in [0, 0.05) is 17.6 Å². The number of hydrogen-bond acceptors (Lipinski definition) is 3. The van der Waals surface area contributed by atoms with E-state index < -0.39 is 0 Å². The minimum atomic E-state index is 0.0450.